The molecule has 4 aromatic rings. The number of hydrogen-bond acceptors (Lipinski definition) is 6. The van der Waals surface area contributed by atoms with Crippen molar-refractivity contribution >= 4 is 28.7 Å². The van der Waals surface area contributed by atoms with E-state index in [0.29, 0.717) is 22.3 Å². The lowest BCUT2D eigenvalue weighted by atomic mass is 10.1. The number of hydrogen-bond donors (Lipinski definition) is 1. The minimum absolute atomic E-state index is 0.172. The topological polar surface area (TPSA) is 99.0 Å². The highest BCUT2D eigenvalue weighted by Gasteiger charge is 2.22. The Labute approximate surface area is 178 Å². The fourth-order valence-electron chi connectivity index (χ4n) is 3.14. The monoisotopic (exact) mass is 415 g/mol. The fraction of sp³-hybridized carbons (Fsp3) is 0.174. The van der Waals surface area contributed by atoms with Crippen LogP contribution in [-0.2, 0) is 4.74 Å². The molecule has 0 spiro atoms. The summed E-state index contributed by atoms with van der Waals surface area (Å²) in [6.45, 7) is 5.70. The highest BCUT2D eigenvalue weighted by Crippen LogP contribution is 2.23. The fourth-order valence-corrected chi connectivity index (χ4v) is 3.14. The number of esters is 1. The lowest BCUT2D eigenvalue weighted by Gasteiger charge is -2.11. The van der Waals surface area contributed by atoms with Gasteiger partial charge in [-0.3, -0.25) is 4.79 Å². The normalized spacial score (nSPS) is 10.8. The number of nitrogens with zero attached hydrogens (tertiary/aromatic N) is 4. The molecule has 8 heteroatoms. The largest absolute Gasteiger partial charge is 0.462 e. The molecule has 8 nitrogen and oxygen atoms in total. The van der Waals surface area contributed by atoms with E-state index in [1.165, 1.54) is 10.9 Å². The van der Waals surface area contributed by atoms with Crippen LogP contribution in [0.15, 0.2) is 54.7 Å². The lowest BCUT2D eigenvalue weighted by Crippen LogP contribution is -2.18. The summed E-state index contributed by atoms with van der Waals surface area (Å²) in [6.07, 6.45) is 1.39. The van der Waals surface area contributed by atoms with Crippen LogP contribution in [0.5, 0.6) is 0 Å². The van der Waals surface area contributed by atoms with Gasteiger partial charge in [0, 0.05) is 5.56 Å². The van der Waals surface area contributed by atoms with Crippen molar-refractivity contribution in [3.05, 3.63) is 77.2 Å². The maximum atomic E-state index is 13.1. The number of ether oxygens (including phenoxy) is 1. The first-order valence-corrected chi connectivity index (χ1v) is 9.85. The number of amides is 1. The zero-order chi connectivity index (χ0) is 22.0. The molecule has 1 amide bonds. The molecule has 1 N–H and O–H groups in total. The molecule has 2 aromatic heterocycles. The third-order valence-corrected chi connectivity index (χ3v) is 4.83. The van der Waals surface area contributed by atoms with Crippen molar-refractivity contribution in [1.82, 2.24) is 19.7 Å². The predicted molar refractivity (Wildman–Crippen MR) is 116 cm³/mol. The summed E-state index contributed by atoms with van der Waals surface area (Å²) in [5, 5.41) is 7.10. The van der Waals surface area contributed by atoms with Gasteiger partial charge < -0.3 is 10.1 Å². The predicted octanol–water partition coefficient (Wildman–Crippen LogP) is 3.86. The van der Waals surface area contributed by atoms with E-state index in [9.17, 15) is 9.59 Å². The van der Waals surface area contributed by atoms with E-state index in [4.69, 9.17) is 4.74 Å². The summed E-state index contributed by atoms with van der Waals surface area (Å²) in [5.74, 6) is -0.721. The molecule has 0 unspecified atom stereocenters. The Balaban J connectivity index is 1.73. The molecule has 0 bridgehead atoms. The Bertz CT molecular complexity index is 1280. The van der Waals surface area contributed by atoms with E-state index in [1.54, 1.807) is 25.1 Å². The van der Waals surface area contributed by atoms with Crippen LogP contribution in [0.25, 0.3) is 16.7 Å². The van der Waals surface area contributed by atoms with E-state index in [-0.39, 0.29) is 18.0 Å². The van der Waals surface area contributed by atoms with Gasteiger partial charge in [-0.25, -0.2) is 19.4 Å². The molecule has 2 aromatic carbocycles. The van der Waals surface area contributed by atoms with Crippen LogP contribution in [0.2, 0.25) is 0 Å². The maximum absolute atomic E-state index is 13.1. The summed E-state index contributed by atoms with van der Waals surface area (Å²) in [4.78, 5) is 34.5. The second-order valence-electron chi connectivity index (χ2n) is 6.93. The van der Waals surface area contributed by atoms with Gasteiger partial charge in [0.25, 0.3) is 5.91 Å². The molecule has 0 saturated carbocycles. The Hall–Kier alpha value is -4.07. The zero-order valence-electron chi connectivity index (χ0n) is 17.4. The third kappa shape index (κ3) is 4.00. The molecule has 4 rings (SSSR count). The molecule has 31 heavy (non-hydrogen) atoms. The summed E-state index contributed by atoms with van der Waals surface area (Å²) >= 11 is 0. The standard InChI is InChI=1S/C23H21N5O3/c1-4-31-23(30)18-13-24-28(17-8-6-5-7-9-17)21(18)27-22(29)16-10-11-19-20(12-16)26-15(3)14(2)25-19/h5-13H,4H2,1-3H3,(H,27,29). The molecule has 2 heterocycles. The van der Waals surface area contributed by atoms with Crippen LogP contribution in [-0.4, -0.2) is 38.2 Å². The Morgan fingerprint density at radius 1 is 1.00 bits per heavy atom. The van der Waals surface area contributed by atoms with Gasteiger partial charge in [0.2, 0.25) is 0 Å². The van der Waals surface area contributed by atoms with Crippen LogP contribution in [0.4, 0.5) is 5.82 Å². The van der Waals surface area contributed by atoms with E-state index < -0.39 is 11.9 Å². The van der Waals surface area contributed by atoms with Gasteiger partial charge in [0.05, 0.1) is 40.9 Å². The summed E-state index contributed by atoms with van der Waals surface area (Å²) in [5.41, 5.74) is 4.24. The summed E-state index contributed by atoms with van der Waals surface area (Å²) < 4.78 is 6.62. The third-order valence-electron chi connectivity index (χ3n) is 4.83. The van der Waals surface area contributed by atoms with Crippen LogP contribution in [0, 0.1) is 13.8 Å². The molecule has 0 atom stereocenters. The van der Waals surface area contributed by atoms with Crippen LogP contribution < -0.4 is 5.32 Å². The number of nitrogens with one attached hydrogen (secondary N) is 1. The number of carbonyl (C=O) groups excluding carboxylic acids is 2. The number of benzene rings is 2. The van der Waals surface area contributed by atoms with Crippen molar-refractivity contribution in [2.24, 2.45) is 0 Å². The maximum Gasteiger partial charge on any atom is 0.343 e. The van der Waals surface area contributed by atoms with Crippen LogP contribution >= 0.6 is 0 Å². The first-order chi connectivity index (χ1) is 15.0. The van der Waals surface area contributed by atoms with Gasteiger partial charge in [-0.2, -0.15) is 5.10 Å². The van der Waals surface area contributed by atoms with Gasteiger partial charge in [-0.1, -0.05) is 18.2 Å². The molecular weight excluding hydrogens is 394 g/mol. The van der Waals surface area contributed by atoms with E-state index >= 15 is 0 Å². The average molecular weight is 415 g/mol. The smallest absolute Gasteiger partial charge is 0.343 e. The van der Waals surface area contributed by atoms with E-state index in [2.05, 4.69) is 20.4 Å². The zero-order valence-corrected chi connectivity index (χ0v) is 17.4. The quantitative estimate of drug-likeness (QED) is 0.497. The van der Waals surface area contributed by atoms with E-state index in [0.717, 1.165) is 11.4 Å². The molecule has 0 aliphatic rings. The number of aryl methyl sites for hydroxylation is 2. The highest BCUT2D eigenvalue weighted by molar-refractivity contribution is 6.08. The molecular formula is C23H21N5O3. The molecule has 0 radical (unpaired) electrons. The number of fused-ring (bicyclic) bond motifs is 1. The van der Waals surface area contributed by atoms with Gasteiger partial charge in [-0.15, -0.1) is 0 Å². The van der Waals surface area contributed by atoms with Gasteiger partial charge in [0.1, 0.15) is 5.56 Å². The SMILES string of the molecule is CCOC(=O)c1cnn(-c2ccccc2)c1NC(=O)c1ccc2nc(C)c(C)nc2c1. The first-order valence-electron chi connectivity index (χ1n) is 9.85. The number of aromatic nitrogens is 4. The molecule has 0 aliphatic heterocycles. The second kappa shape index (κ2) is 8.35. The van der Waals surface area contributed by atoms with Gasteiger partial charge >= 0.3 is 5.97 Å². The summed E-state index contributed by atoms with van der Waals surface area (Å²) in [7, 11) is 0. The van der Waals surface area contributed by atoms with Crippen LogP contribution in [0.3, 0.4) is 0 Å². The van der Waals surface area contributed by atoms with Crippen molar-refractivity contribution in [3.8, 4) is 5.69 Å². The second-order valence-corrected chi connectivity index (χ2v) is 6.93. The molecule has 0 aliphatic carbocycles. The number of anilines is 1. The Morgan fingerprint density at radius 3 is 2.42 bits per heavy atom. The lowest BCUT2D eigenvalue weighted by molar-refractivity contribution is 0.0527. The average Bonchev–Trinajstić information content (AvgIpc) is 3.18. The van der Waals surface area contributed by atoms with Crippen molar-refractivity contribution in [3.63, 3.8) is 0 Å². The molecule has 0 fully saturated rings. The van der Waals surface area contributed by atoms with Gasteiger partial charge in [0.15, 0.2) is 5.82 Å². The number of rotatable bonds is 5. The highest BCUT2D eigenvalue weighted by atomic mass is 16.5. The van der Waals surface area contributed by atoms with Crippen LogP contribution in [0.1, 0.15) is 39.0 Å². The minimum atomic E-state index is -0.560. The van der Waals surface area contributed by atoms with Crippen molar-refractivity contribution in [1.29, 1.82) is 0 Å². The van der Waals surface area contributed by atoms with Crippen molar-refractivity contribution < 1.29 is 14.3 Å². The molecule has 0 saturated heterocycles. The minimum Gasteiger partial charge on any atom is -0.462 e. The Kier molecular flexibility index (Phi) is 5.44. The molecule has 156 valence electrons. The Morgan fingerprint density at radius 2 is 1.71 bits per heavy atom. The van der Waals surface area contributed by atoms with Crippen molar-refractivity contribution in [2.75, 3.05) is 11.9 Å². The number of carbonyl (C=O) groups is 2. The summed E-state index contributed by atoms with van der Waals surface area (Å²) in [6, 6.07) is 14.3. The van der Waals surface area contributed by atoms with Gasteiger partial charge in [-0.05, 0) is 51.1 Å². The van der Waals surface area contributed by atoms with E-state index in [1.807, 2.05) is 44.2 Å². The van der Waals surface area contributed by atoms with Crippen molar-refractivity contribution in [2.45, 2.75) is 20.8 Å². The number of para-hydroxylation sites is 1. The first kappa shape index (κ1) is 20.2.